The summed E-state index contributed by atoms with van der Waals surface area (Å²) in [5, 5.41) is 0.882. The van der Waals surface area contributed by atoms with Crippen LogP contribution in [0.5, 0.6) is 0 Å². The van der Waals surface area contributed by atoms with Crippen molar-refractivity contribution in [1.29, 1.82) is 0 Å². The van der Waals surface area contributed by atoms with Gasteiger partial charge in [0, 0.05) is 16.4 Å². The summed E-state index contributed by atoms with van der Waals surface area (Å²) in [6, 6.07) is 19.6. The first-order chi connectivity index (χ1) is 14.7. The first kappa shape index (κ1) is 20.6. The third-order valence-corrected chi connectivity index (χ3v) is 6.38. The Morgan fingerprint density at radius 1 is 1.13 bits per heavy atom. The lowest BCUT2D eigenvalue weighted by Crippen LogP contribution is -2.05. The number of carbonyl (C=O) groups excluding carboxylic acids is 1. The lowest BCUT2D eigenvalue weighted by atomic mass is 10.2. The Morgan fingerprint density at radius 3 is 2.73 bits per heavy atom. The molecule has 152 valence electrons. The van der Waals surface area contributed by atoms with Gasteiger partial charge in [-0.2, -0.15) is 0 Å². The van der Waals surface area contributed by atoms with Gasteiger partial charge in [-0.25, -0.2) is 9.78 Å². The maximum absolute atomic E-state index is 12.1. The van der Waals surface area contributed by atoms with Crippen molar-refractivity contribution in [2.24, 2.45) is 0 Å². The number of nitrogens with zero attached hydrogens (tertiary/aromatic N) is 3. The third kappa shape index (κ3) is 4.57. The van der Waals surface area contributed by atoms with E-state index in [9.17, 15) is 4.79 Å². The number of rotatable bonds is 7. The predicted molar refractivity (Wildman–Crippen MR) is 123 cm³/mol. The van der Waals surface area contributed by atoms with Gasteiger partial charge in [-0.1, -0.05) is 52.0 Å². The van der Waals surface area contributed by atoms with Crippen LogP contribution in [0.25, 0.3) is 11.0 Å². The van der Waals surface area contributed by atoms with Gasteiger partial charge in [0.2, 0.25) is 0 Å². The Kier molecular flexibility index (Phi) is 6.50. The molecule has 0 aliphatic carbocycles. The van der Waals surface area contributed by atoms with E-state index in [-0.39, 0.29) is 5.97 Å². The van der Waals surface area contributed by atoms with Crippen molar-refractivity contribution in [3.05, 3.63) is 88.2 Å². The molecule has 0 aliphatic rings. The first-order valence-corrected chi connectivity index (χ1v) is 11.4. The smallest absolute Gasteiger partial charge is 0.338 e. The molecule has 0 saturated carbocycles. The average Bonchev–Trinajstić information content (AvgIpc) is 3.10. The van der Waals surface area contributed by atoms with Crippen LogP contribution in [-0.2, 0) is 17.0 Å². The van der Waals surface area contributed by atoms with Crippen LogP contribution in [0.3, 0.4) is 0 Å². The highest BCUT2D eigenvalue weighted by atomic mass is 79.9. The molecule has 0 atom stereocenters. The molecule has 0 fully saturated rings. The topological polar surface area (TPSA) is 57.0 Å². The van der Waals surface area contributed by atoms with Crippen molar-refractivity contribution in [3.8, 4) is 0 Å². The number of halogens is 1. The number of imidazole rings is 1. The Bertz CT molecular complexity index is 1180. The van der Waals surface area contributed by atoms with Crippen LogP contribution in [-0.4, -0.2) is 27.1 Å². The fraction of sp³-hybridized carbons (Fsp3) is 0.174. The summed E-state index contributed by atoms with van der Waals surface area (Å²) < 4.78 is 8.36. The summed E-state index contributed by atoms with van der Waals surface area (Å²) in [5.41, 5.74) is 4.39. The molecule has 4 rings (SSSR count). The number of thioether (sulfide) groups is 1. The number of ether oxygens (including phenoxy) is 1. The fourth-order valence-electron chi connectivity index (χ4n) is 3.12. The van der Waals surface area contributed by atoms with Crippen LogP contribution >= 0.6 is 27.7 Å². The van der Waals surface area contributed by atoms with Crippen molar-refractivity contribution >= 4 is 44.7 Å². The van der Waals surface area contributed by atoms with E-state index in [4.69, 9.17) is 9.72 Å². The van der Waals surface area contributed by atoms with Crippen molar-refractivity contribution in [2.75, 3.05) is 6.61 Å². The van der Waals surface area contributed by atoms with Gasteiger partial charge >= 0.3 is 5.97 Å². The van der Waals surface area contributed by atoms with Crippen molar-refractivity contribution < 1.29 is 9.53 Å². The van der Waals surface area contributed by atoms with Gasteiger partial charge in [0.05, 0.1) is 35.4 Å². The van der Waals surface area contributed by atoms with Crippen molar-refractivity contribution in [2.45, 2.75) is 24.4 Å². The van der Waals surface area contributed by atoms with Gasteiger partial charge in [0.1, 0.15) is 0 Å². The number of hydrogen-bond acceptors (Lipinski definition) is 5. The van der Waals surface area contributed by atoms with Gasteiger partial charge in [0.25, 0.3) is 0 Å². The van der Waals surface area contributed by atoms with Crippen LogP contribution in [0.4, 0.5) is 0 Å². The minimum absolute atomic E-state index is 0.332. The number of pyridine rings is 1. The molecule has 7 heteroatoms. The minimum Gasteiger partial charge on any atom is -0.462 e. The predicted octanol–water partition coefficient (Wildman–Crippen LogP) is 5.71. The Labute approximate surface area is 187 Å². The summed E-state index contributed by atoms with van der Waals surface area (Å²) in [4.78, 5) is 21.4. The normalized spacial score (nSPS) is 11.0. The molecule has 0 spiro atoms. The number of hydrogen-bond donors (Lipinski definition) is 0. The van der Waals surface area contributed by atoms with Crippen LogP contribution in [0.2, 0.25) is 0 Å². The van der Waals surface area contributed by atoms with Crippen LogP contribution in [0.15, 0.2) is 76.5 Å². The SMILES string of the molecule is CCOC(=O)c1ccc2c(c1)nc(SCc1ccccc1Br)n2Cc1ccccn1. The van der Waals surface area contributed by atoms with Gasteiger partial charge in [-0.15, -0.1) is 0 Å². The van der Waals surface area contributed by atoms with E-state index < -0.39 is 0 Å². The Hall–Kier alpha value is -2.64. The number of fused-ring (bicyclic) bond motifs is 1. The quantitative estimate of drug-likeness (QED) is 0.250. The first-order valence-electron chi connectivity index (χ1n) is 9.59. The number of aromatic nitrogens is 3. The van der Waals surface area contributed by atoms with Gasteiger partial charge in [-0.05, 0) is 48.9 Å². The summed E-state index contributed by atoms with van der Waals surface area (Å²) >= 11 is 5.28. The molecule has 2 heterocycles. The van der Waals surface area contributed by atoms with Crippen molar-refractivity contribution in [1.82, 2.24) is 14.5 Å². The fourth-order valence-corrected chi connectivity index (χ4v) is 4.75. The summed E-state index contributed by atoms with van der Waals surface area (Å²) in [6.45, 7) is 2.75. The zero-order chi connectivity index (χ0) is 20.9. The van der Waals surface area contributed by atoms with E-state index in [1.54, 1.807) is 37.0 Å². The van der Waals surface area contributed by atoms with Gasteiger partial charge < -0.3 is 9.30 Å². The highest BCUT2D eigenvalue weighted by Gasteiger charge is 2.16. The Morgan fingerprint density at radius 2 is 1.97 bits per heavy atom. The van der Waals surface area contributed by atoms with E-state index in [1.807, 2.05) is 42.5 Å². The van der Waals surface area contributed by atoms with Gasteiger partial charge in [0.15, 0.2) is 5.16 Å². The van der Waals surface area contributed by atoms with Crippen LogP contribution in [0, 0.1) is 0 Å². The molecule has 0 aliphatic heterocycles. The largest absolute Gasteiger partial charge is 0.462 e. The minimum atomic E-state index is -0.332. The highest BCUT2D eigenvalue weighted by Crippen LogP contribution is 2.30. The molecule has 2 aromatic heterocycles. The standard InChI is InChI=1S/C23H20BrN3O2S/c1-2-29-22(28)16-10-11-21-20(13-16)26-23(27(21)14-18-8-5-6-12-25-18)30-15-17-7-3-4-9-19(17)24/h3-13H,2,14-15H2,1H3. The molecular formula is C23H20BrN3O2S. The highest BCUT2D eigenvalue weighted by molar-refractivity contribution is 9.10. The number of esters is 1. The van der Waals surface area contributed by atoms with E-state index in [1.165, 1.54) is 5.56 Å². The second kappa shape index (κ2) is 9.45. The monoisotopic (exact) mass is 481 g/mol. The number of carbonyl (C=O) groups is 1. The molecule has 0 amide bonds. The summed E-state index contributed by atoms with van der Waals surface area (Å²) in [7, 11) is 0. The maximum Gasteiger partial charge on any atom is 0.338 e. The lowest BCUT2D eigenvalue weighted by molar-refractivity contribution is 0.0526. The summed E-state index contributed by atoms with van der Waals surface area (Å²) in [5.74, 6) is 0.443. The molecule has 2 aromatic carbocycles. The Balaban J connectivity index is 1.71. The van der Waals surface area contributed by atoms with Crippen LogP contribution < -0.4 is 0 Å². The van der Waals surface area contributed by atoms with Crippen molar-refractivity contribution in [3.63, 3.8) is 0 Å². The molecule has 0 bridgehead atoms. The average molecular weight is 482 g/mol. The molecule has 0 radical (unpaired) electrons. The zero-order valence-corrected chi connectivity index (χ0v) is 18.8. The maximum atomic E-state index is 12.1. The second-order valence-corrected chi connectivity index (χ2v) is 8.40. The molecular weight excluding hydrogens is 462 g/mol. The second-order valence-electron chi connectivity index (χ2n) is 6.61. The lowest BCUT2D eigenvalue weighted by Gasteiger charge is -2.09. The third-order valence-electron chi connectivity index (χ3n) is 4.59. The molecule has 30 heavy (non-hydrogen) atoms. The molecule has 5 nitrogen and oxygen atoms in total. The molecule has 0 saturated heterocycles. The van der Waals surface area contributed by atoms with E-state index in [0.29, 0.717) is 18.7 Å². The molecule has 0 unspecified atom stereocenters. The van der Waals surface area contributed by atoms with E-state index >= 15 is 0 Å². The van der Waals surface area contributed by atoms with E-state index in [2.05, 4.69) is 31.5 Å². The number of benzene rings is 2. The molecule has 4 aromatic rings. The van der Waals surface area contributed by atoms with E-state index in [0.717, 1.165) is 32.1 Å². The van der Waals surface area contributed by atoms with Gasteiger partial charge in [-0.3, -0.25) is 4.98 Å². The summed E-state index contributed by atoms with van der Waals surface area (Å²) in [6.07, 6.45) is 1.79. The zero-order valence-electron chi connectivity index (χ0n) is 16.4. The molecule has 0 N–H and O–H groups in total. The van der Waals surface area contributed by atoms with Crippen LogP contribution in [0.1, 0.15) is 28.5 Å².